The van der Waals surface area contributed by atoms with Gasteiger partial charge in [0.25, 0.3) is 5.91 Å². The van der Waals surface area contributed by atoms with E-state index in [4.69, 9.17) is 10.5 Å². The van der Waals surface area contributed by atoms with Gasteiger partial charge >= 0.3 is 0 Å². The first kappa shape index (κ1) is 19.8. The van der Waals surface area contributed by atoms with Crippen molar-refractivity contribution in [3.8, 4) is 5.75 Å². The van der Waals surface area contributed by atoms with Crippen LogP contribution in [0.4, 0.5) is 0 Å². The maximum atomic E-state index is 13.0. The van der Waals surface area contributed by atoms with Crippen LogP contribution in [0.3, 0.4) is 0 Å². The lowest BCUT2D eigenvalue weighted by Gasteiger charge is -2.33. The molecule has 3 rings (SSSR count). The third-order valence-corrected chi connectivity index (χ3v) is 4.77. The SMILES string of the molecule is Cl.NC1CCN(C(=O)C(Oc2ccc(Br)cc2)c2ccccc2)CC1. The molecular formula is C19H22BrClN2O2. The van der Waals surface area contributed by atoms with Gasteiger partial charge in [-0.2, -0.15) is 0 Å². The Kier molecular flexibility index (Phi) is 7.29. The van der Waals surface area contributed by atoms with Gasteiger partial charge < -0.3 is 15.4 Å². The highest BCUT2D eigenvalue weighted by atomic mass is 79.9. The molecule has 1 fully saturated rings. The van der Waals surface area contributed by atoms with E-state index in [1.165, 1.54) is 0 Å². The summed E-state index contributed by atoms with van der Waals surface area (Å²) in [6, 6.07) is 17.4. The molecule has 0 radical (unpaired) electrons. The molecule has 0 spiro atoms. The second-order valence-corrected chi connectivity index (χ2v) is 6.94. The van der Waals surface area contributed by atoms with E-state index in [-0.39, 0.29) is 24.4 Å². The standard InChI is InChI=1S/C19H21BrN2O2.ClH/c20-15-6-8-17(9-7-15)24-18(14-4-2-1-3-5-14)19(23)22-12-10-16(21)11-13-22;/h1-9,16,18H,10-13,21H2;1H. The summed E-state index contributed by atoms with van der Waals surface area (Å²) >= 11 is 3.41. The molecule has 1 amide bonds. The zero-order valence-electron chi connectivity index (χ0n) is 13.8. The number of piperidine rings is 1. The Morgan fingerprint density at radius 2 is 1.68 bits per heavy atom. The van der Waals surface area contributed by atoms with E-state index < -0.39 is 6.10 Å². The summed E-state index contributed by atoms with van der Waals surface area (Å²) in [6.07, 6.45) is 1.04. The Labute approximate surface area is 162 Å². The number of nitrogens with two attached hydrogens (primary N) is 1. The predicted molar refractivity (Wildman–Crippen MR) is 105 cm³/mol. The van der Waals surface area contributed by atoms with Crippen LogP contribution in [0.25, 0.3) is 0 Å². The van der Waals surface area contributed by atoms with Gasteiger partial charge in [0.1, 0.15) is 5.75 Å². The molecule has 2 aromatic carbocycles. The minimum atomic E-state index is -0.637. The average Bonchev–Trinajstić information content (AvgIpc) is 2.62. The normalized spacial score (nSPS) is 16.0. The van der Waals surface area contributed by atoms with Crippen molar-refractivity contribution in [2.24, 2.45) is 5.73 Å². The van der Waals surface area contributed by atoms with Gasteiger partial charge in [-0.1, -0.05) is 46.3 Å². The van der Waals surface area contributed by atoms with E-state index >= 15 is 0 Å². The Morgan fingerprint density at radius 3 is 2.28 bits per heavy atom. The van der Waals surface area contributed by atoms with E-state index in [0.717, 1.165) is 22.9 Å². The Balaban J connectivity index is 0.00000225. The largest absolute Gasteiger partial charge is 0.476 e. The molecule has 1 unspecified atom stereocenters. The number of hydrogen-bond donors (Lipinski definition) is 1. The number of likely N-dealkylation sites (tertiary alicyclic amines) is 1. The van der Waals surface area contributed by atoms with Crippen LogP contribution < -0.4 is 10.5 Å². The van der Waals surface area contributed by atoms with Gasteiger partial charge in [0, 0.05) is 29.2 Å². The number of nitrogens with zero attached hydrogens (tertiary/aromatic N) is 1. The zero-order valence-corrected chi connectivity index (χ0v) is 16.2. The van der Waals surface area contributed by atoms with Crippen molar-refractivity contribution in [1.29, 1.82) is 0 Å². The van der Waals surface area contributed by atoms with Crippen LogP contribution in [-0.4, -0.2) is 29.9 Å². The summed E-state index contributed by atoms with van der Waals surface area (Å²) in [5.74, 6) is 0.671. The fourth-order valence-electron chi connectivity index (χ4n) is 2.82. The molecule has 1 aliphatic rings. The van der Waals surface area contributed by atoms with Gasteiger partial charge in [-0.25, -0.2) is 0 Å². The van der Waals surface area contributed by atoms with Gasteiger partial charge in [-0.3, -0.25) is 4.79 Å². The highest BCUT2D eigenvalue weighted by Gasteiger charge is 2.30. The number of carbonyl (C=O) groups excluding carboxylic acids is 1. The van der Waals surface area contributed by atoms with Crippen LogP contribution in [0.15, 0.2) is 59.1 Å². The molecule has 0 aliphatic carbocycles. The monoisotopic (exact) mass is 424 g/mol. The number of carbonyl (C=O) groups is 1. The average molecular weight is 426 g/mol. The maximum Gasteiger partial charge on any atom is 0.268 e. The van der Waals surface area contributed by atoms with Crippen LogP contribution in [-0.2, 0) is 4.79 Å². The molecular weight excluding hydrogens is 404 g/mol. The maximum absolute atomic E-state index is 13.0. The van der Waals surface area contributed by atoms with Crippen molar-refractivity contribution in [1.82, 2.24) is 4.90 Å². The van der Waals surface area contributed by atoms with Crippen molar-refractivity contribution in [2.45, 2.75) is 25.0 Å². The van der Waals surface area contributed by atoms with Crippen LogP contribution >= 0.6 is 28.3 Å². The van der Waals surface area contributed by atoms with Crippen molar-refractivity contribution >= 4 is 34.2 Å². The summed E-state index contributed by atoms with van der Waals surface area (Å²) in [5, 5.41) is 0. The number of halogens is 2. The van der Waals surface area contributed by atoms with Crippen molar-refractivity contribution in [3.05, 3.63) is 64.6 Å². The molecule has 6 heteroatoms. The fraction of sp³-hybridized carbons (Fsp3) is 0.316. The van der Waals surface area contributed by atoms with Crippen LogP contribution in [0.2, 0.25) is 0 Å². The second kappa shape index (κ2) is 9.22. The molecule has 2 N–H and O–H groups in total. The third kappa shape index (κ3) is 5.21. The molecule has 1 aliphatic heterocycles. The highest BCUT2D eigenvalue weighted by molar-refractivity contribution is 9.10. The van der Waals surface area contributed by atoms with Crippen LogP contribution in [0.5, 0.6) is 5.75 Å². The first-order valence-electron chi connectivity index (χ1n) is 8.15. The van der Waals surface area contributed by atoms with Crippen LogP contribution in [0.1, 0.15) is 24.5 Å². The van der Waals surface area contributed by atoms with E-state index in [9.17, 15) is 4.79 Å². The van der Waals surface area contributed by atoms with Crippen molar-refractivity contribution < 1.29 is 9.53 Å². The van der Waals surface area contributed by atoms with Crippen molar-refractivity contribution in [2.75, 3.05) is 13.1 Å². The van der Waals surface area contributed by atoms with Gasteiger partial charge in [-0.05, 0) is 37.1 Å². The molecule has 2 aromatic rings. The number of hydrogen-bond acceptors (Lipinski definition) is 3. The quantitative estimate of drug-likeness (QED) is 0.807. The molecule has 1 atom stereocenters. The lowest BCUT2D eigenvalue weighted by Crippen LogP contribution is -2.45. The predicted octanol–water partition coefficient (Wildman–Crippen LogP) is 3.94. The molecule has 134 valence electrons. The van der Waals surface area contributed by atoms with Crippen molar-refractivity contribution in [3.63, 3.8) is 0 Å². The highest BCUT2D eigenvalue weighted by Crippen LogP contribution is 2.26. The number of rotatable bonds is 4. The van der Waals surface area contributed by atoms with Gasteiger partial charge in [0.05, 0.1) is 0 Å². The number of benzene rings is 2. The Morgan fingerprint density at radius 1 is 1.08 bits per heavy atom. The minimum Gasteiger partial charge on any atom is -0.476 e. The number of ether oxygens (including phenoxy) is 1. The fourth-order valence-corrected chi connectivity index (χ4v) is 3.09. The molecule has 0 aromatic heterocycles. The van der Waals surface area contributed by atoms with Gasteiger partial charge in [0.2, 0.25) is 6.10 Å². The Bertz CT molecular complexity index is 674. The second-order valence-electron chi connectivity index (χ2n) is 6.03. The zero-order chi connectivity index (χ0) is 16.9. The molecule has 1 saturated heterocycles. The lowest BCUT2D eigenvalue weighted by atomic mass is 10.0. The molecule has 1 heterocycles. The molecule has 0 bridgehead atoms. The molecule has 25 heavy (non-hydrogen) atoms. The first-order chi connectivity index (χ1) is 11.6. The van der Waals surface area contributed by atoms with Gasteiger partial charge in [-0.15, -0.1) is 12.4 Å². The van der Waals surface area contributed by atoms with Crippen LogP contribution in [0, 0.1) is 0 Å². The van der Waals surface area contributed by atoms with Gasteiger partial charge in [0.15, 0.2) is 0 Å². The number of amides is 1. The molecule has 4 nitrogen and oxygen atoms in total. The summed E-state index contributed by atoms with van der Waals surface area (Å²) in [7, 11) is 0. The smallest absolute Gasteiger partial charge is 0.268 e. The third-order valence-electron chi connectivity index (χ3n) is 4.25. The minimum absolute atomic E-state index is 0. The Hall–Kier alpha value is -1.56. The van der Waals surface area contributed by atoms with E-state index in [2.05, 4.69) is 15.9 Å². The summed E-state index contributed by atoms with van der Waals surface area (Å²) in [4.78, 5) is 14.9. The van der Waals surface area contributed by atoms with E-state index in [1.54, 1.807) is 0 Å². The summed E-state index contributed by atoms with van der Waals surface area (Å²) in [6.45, 7) is 1.38. The summed E-state index contributed by atoms with van der Waals surface area (Å²) < 4.78 is 7.03. The first-order valence-corrected chi connectivity index (χ1v) is 8.94. The molecule has 0 saturated carbocycles. The summed E-state index contributed by atoms with van der Waals surface area (Å²) in [5.41, 5.74) is 6.81. The van der Waals surface area contributed by atoms with E-state index in [1.807, 2.05) is 59.5 Å². The lowest BCUT2D eigenvalue weighted by molar-refractivity contribution is -0.140. The topological polar surface area (TPSA) is 55.6 Å². The van der Waals surface area contributed by atoms with E-state index in [0.29, 0.717) is 18.8 Å².